The zero-order valence-electron chi connectivity index (χ0n) is 31.7. The Morgan fingerprint density at radius 1 is 1.00 bits per heavy atom. The number of fused-ring (bicyclic) bond motifs is 3. The van der Waals surface area contributed by atoms with Crippen molar-refractivity contribution in [2.45, 2.75) is 96.6 Å². The molecule has 2 aliphatic rings. The predicted molar refractivity (Wildman–Crippen MR) is 213 cm³/mol. The molecule has 1 unspecified atom stereocenters. The Kier molecular flexibility index (Phi) is 13.4. The number of thiophene rings is 1. The van der Waals surface area contributed by atoms with Crippen molar-refractivity contribution in [3.63, 3.8) is 0 Å². The van der Waals surface area contributed by atoms with Gasteiger partial charge in [0.25, 0.3) is 5.91 Å². The van der Waals surface area contributed by atoms with Crippen molar-refractivity contribution >= 4 is 63.8 Å². The van der Waals surface area contributed by atoms with Crippen molar-refractivity contribution < 1.29 is 28.7 Å². The van der Waals surface area contributed by atoms with Gasteiger partial charge in [-0.1, -0.05) is 55.8 Å². The molecular weight excluding hydrogens is 756 g/mol. The van der Waals surface area contributed by atoms with Gasteiger partial charge in [0.15, 0.2) is 11.6 Å². The van der Waals surface area contributed by atoms with Crippen LogP contribution in [0.4, 0.5) is 5.69 Å². The number of imide groups is 1. The number of rotatable bonds is 17. The normalized spacial score (nSPS) is 16.2. The molecule has 294 valence electrons. The number of carbonyl (C=O) groups excluding carboxylic acids is 5. The second kappa shape index (κ2) is 18.6. The van der Waals surface area contributed by atoms with Crippen LogP contribution in [-0.4, -0.2) is 74.6 Å². The van der Waals surface area contributed by atoms with Crippen LogP contribution >= 0.6 is 22.9 Å². The molecule has 0 bridgehead atoms. The maximum absolute atomic E-state index is 13.7. The van der Waals surface area contributed by atoms with E-state index in [-0.39, 0.29) is 36.6 Å². The fraction of sp³-hybridized carbons (Fsp3) is 0.425. The number of methoxy groups -OCH3 is 1. The Labute approximate surface area is 333 Å². The molecule has 16 heteroatoms. The van der Waals surface area contributed by atoms with Crippen molar-refractivity contribution in [1.82, 2.24) is 30.4 Å². The number of Topliss-reactive ketones (excluding diaryl/α,β-unsaturated/α-hetero) is 1. The summed E-state index contributed by atoms with van der Waals surface area (Å²) >= 11 is 7.64. The van der Waals surface area contributed by atoms with Crippen molar-refractivity contribution in [3.05, 3.63) is 86.5 Å². The van der Waals surface area contributed by atoms with E-state index in [0.717, 1.165) is 78.9 Å². The molecule has 0 spiro atoms. The van der Waals surface area contributed by atoms with E-state index in [1.54, 1.807) is 30.5 Å². The van der Waals surface area contributed by atoms with Crippen LogP contribution in [0.25, 0.3) is 5.00 Å². The number of benzene rings is 1. The number of aromatic nitrogens is 4. The number of carbonyl (C=O) groups is 5. The average molecular weight is 801 g/mol. The van der Waals surface area contributed by atoms with Crippen molar-refractivity contribution in [2.24, 2.45) is 4.99 Å². The maximum atomic E-state index is 13.7. The number of nitrogens with one attached hydrogen (secondary N) is 3. The highest BCUT2D eigenvalue weighted by Gasteiger charge is 2.34. The largest absolute Gasteiger partial charge is 0.469 e. The first-order valence-corrected chi connectivity index (χ1v) is 20.1. The Morgan fingerprint density at radius 3 is 2.46 bits per heavy atom. The first kappa shape index (κ1) is 40.4. The molecule has 1 fully saturated rings. The summed E-state index contributed by atoms with van der Waals surface area (Å²) in [4.78, 5) is 72.0. The maximum Gasteiger partial charge on any atom is 0.308 e. The molecule has 0 saturated carbocycles. The van der Waals surface area contributed by atoms with Crippen LogP contribution in [0.2, 0.25) is 5.02 Å². The van der Waals surface area contributed by atoms with Crippen LogP contribution in [0.1, 0.15) is 125 Å². The summed E-state index contributed by atoms with van der Waals surface area (Å²) in [6.07, 6.45) is 9.36. The SMILES string of the molecule is COC(=O)C[C@@H]1N=C(c2ccc(Cl)cc2)c2c(sc(C(=O)CCCCCCCCCNc3ccnc(C(=O)NC4CCC(=O)NC4=O)c3)c2C)-n2c(C)nnc21. The molecule has 6 rings (SSSR count). The minimum absolute atomic E-state index is 0.00689. The number of esters is 1. The summed E-state index contributed by atoms with van der Waals surface area (Å²) in [5.74, 6) is -0.462. The van der Waals surface area contributed by atoms with E-state index >= 15 is 0 Å². The van der Waals surface area contributed by atoms with Gasteiger partial charge >= 0.3 is 5.97 Å². The number of hydrogen-bond donors (Lipinski definition) is 3. The number of aliphatic imine (C=N–C) groups is 1. The third-order valence-electron chi connectivity index (χ3n) is 9.91. The number of piperidine rings is 1. The van der Waals surface area contributed by atoms with Crippen molar-refractivity contribution in [1.29, 1.82) is 0 Å². The fourth-order valence-corrected chi connectivity index (χ4v) is 8.36. The first-order valence-electron chi connectivity index (χ1n) is 18.9. The summed E-state index contributed by atoms with van der Waals surface area (Å²) < 4.78 is 6.90. The topological polar surface area (TPSA) is 187 Å². The monoisotopic (exact) mass is 800 g/mol. The number of halogens is 1. The van der Waals surface area contributed by atoms with Gasteiger partial charge in [0, 0.05) is 47.4 Å². The van der Waals surface area contributed by atoms with Gasteiger partial charge in [-0.15, -0.1) is 21.5 Å². The molecule has 14 nitrogen and oxygen atoms in total. The van der Waals surface area contributed by atoms with Gasteiger partial charge in [-0.25, -0.2) is 0 Å². The Balaban J connectivity index is 0.975. The Hall–Kier alpha value is -5.28. The van der Waals surface area contributed by atoms with Crippen LogP contribution in [0.3, 0.4) is 0 Å². The summed E-state index contributed by atoms with van der Waals surface area (Å²) in [5.41, 5.74) is 4.11. The summed E-state index contributed by atoms with van der Waals surface area (Å²) in [6.45, 7) is 4.55. The van der Waals surface area contributed by atoms with E-state index in [2.05, 4.69) is 31.1 Å². The third-order valence-corrected chi connectivity index (χ3v) is 11.5. The lowest BCUT2D eigenvalue weighted by molar-refractivity contribution is -0.141. The number of amides is 3. The number of ketones is 1. The highest BCUT2D eigenvalue weighted by molar-refractivity contribution is 7.17. The highest BCUT2D eigenvalue weighted by atomic mass is 35.5. The lowest BCUT2D eigenvalue weighted by Crippen LogP contribution is -2.52. The van der Waals surface area contributed by atoms with Gasteiger partial charge in [0.05, 0.1) is 24.1 Å². The summed E-state index contributed by atoms with van der Waals surface area (Å²) in [7, 11) is 1.35. The van der Waals surface area contributed by atoms with Crippen LogP contribution in [0.5, 0.6) is 0 Å². The molecule has 1 saturated heterocycles. The fourth-order valence-electron chi connectivity index (χ4n) is 6.90. The zero-order chi connectivity index (χ0) is 39.8. The second-order valence-electron chi connectivity index (χ2n) is 13.9. The molecule has 1 aromatic carbocycles. The predicted octanol–water partition coefficient (Wildman–Crippen LogP) is 6.40. The molecule has 3 N–H and O–H groups in total. The van der Waals surface area contributed by atoms with Crippen LogP contribution in [0.15, 0.2) is 47.6 Å². The Morgan fingerprint density at radius 2 is 1.73 bits per heavy atom. The van der Waals surface area contributed by atoms with Gasteiger partial charge in [-0.2, -0.15) is 0 Å². The molecule has 5 heterocycles. The number of aryl methyl sites for hydroxylation is 1. The first-order chi connectivity index (χ1) is 27.0. The molecule has 3 amide bonds. The number of pyridine rings is 1. The molecule has 2 atom stereocenters. The zero-order valence-corrected chi connectivity index (χ0v) is 33.2. The lowest BCUT2D eigenvalue weighted by atomic mass is 9.98. The highest BCUT2D eigenvalue weighted by Crippen LogP contribution is 2.40. The van der Waals surface area contributed by atoms with Gasteiger partial charge in [0.2, 0.25) is 11.8 Å². The van der Waals surface area contributed by atoms with Crippen molar-refractivity contribution in [3.8, 4) is 5.00 Å². The van der Waals surface area contributed by atoms with Crippen LogP contribution in [-0.2, 0) is 19.1 Å². The standard InChI is InChI=1S/C40H45ClN8O6S/c1-23-34-35(25-12-14-26(41)15-13-25)44-29(22-33(52)55-3)37-48-47-24(2)49(37)40(34)56-36(23)31(50)11-9-7-5-4-6-8-10-19-42-27-18-20-43-30(21-27)39(54)45-28-16-17-32(51)46-38(28)53/h12-15,18,20-21,28-29H,4-11,16-17,19,22H2,1-3H3,(H,42,43)(H,45,54)(H,46,51,53)/t28?,29-/m0/s1. The smallest absolute Gasteiger partial charge is 0.308 e. The molecule has 2 aliphatic heterocycles. The van der Waals surface area contributed by atoms with E-state index in [0.29, 0.717) is 33.7 Å². The van der Waals surface area contributed by atoms with E-state index in [1.807, 2.05) is 30.5 Å². The van der Waals surface area contributed by atoms with Gasteiger partial charge in [0.1, 0.15) is 28.6 Å². The summed E-state index contributed by atoms with van der Waals surface area (Å²) in [6, 6.07) is 9.43. The van der Waals surface area contributed by atoms with Gasteiger partial charge in [-0.3, -0.25) is 43.8 Å². The molecular formula is C40H45ClN8O6S. The Bertz CT molecular complexity index is 2150. The average Bonchev–Trinajstić information content (AvgIpc) is 3.69. The summed E-state index contributed by atoms with van der Waals surface area (Å²) in [5, 5.41) is 18.4. The van der Waals surface area contributed by atoms with E-state index in [4.69, 9.17) is 21.3 Å². The van der Waals surface area contributed by atoms with E-state index in [1.165, 1.54) is 18.4 Å². The van der Waals surface area contributed by atoms with E-state index < -0.39 is 29.9 Å². The quantitative estimate of drug-likeness (QED) is 0.0467. The molecule has 3 aromatic heterocycles. The third kappa shape index (κ3) is 9.56. The number of ether oxygens (including phenoxy) is 1. The molecule has 56 heavy (non-hydrogen) atoms. The van der Waals surface area contributed by atoms with Crippen LogP contribution < -0.4 is 16.0 Å². The second-order valence-corrected chi connectivity index (χ2v) is 15.4. The van der Waals surface area contributed by atoms with Gasteiger partial charge in [-0.05, 0) is 62.9 Å². The minimum Gasteiger partial charge on any atom is -0.469 e. The number of hydrogen-bond acceptors (Lipinski definition) is 12. The van der Waals surface area contributed by atoms with Gasteiger partial charge < -0.3 is 15.4 Å². The number of unbranched alkanes of at least 4 members (excludes halogenated alkanes) is 6. The number of anilines is 1. The van der Waals surface area contributed by atoms with E-state index in [9.17, 15) is 24.0 Å². The number of nitrogens with zero attached hydrogens (tertiary/aromatic N) is 5. The molecule has 0 radical (unpaired) electrons. The lowest BCUT2D eigenvalue weighted by Gasteiger charge is -2.21. The van der Waals surface area contributed by atoms with Crippen LogP contribution in [0, 0.1) is 13.8 Å². The van der Waals surface area contributed by atoms with Crippen molar-refractivity contribution in [2.75, 3.05) is 19.0 Å². The minimum atomic E-state index is -0.755. The molecule has 0 aliphatic carbocycles. The molecule has 4 aromatic rings.